The first-order valence-electron chi connectivity index (χ1n) is 8.85. The van der Waals surface area contributed by atoms with Crippen LogP contribution in [0.2, 0.25) is 0 Å². The van der Waals surface area contributed by atoms with Gasteiger partial charge in [-0.1, -0.05) is 36.4 Å². The van der Waals surface area contributed by atoms with Gasteiger partial charge < -0.3 is 15.8 Å². The first-order chi connectivity index (χ1) is 13.8. The van der Waals surface area contributed by atoms with Gasteiger partial charge in [0.1, 0.15) is 0 Å². The highest BCUT2D eigenvalue weighted by atomic mass is 32.2. The van der Waals surface area contributed by atoms with E-state index in [1.54, 1.807) is 48.5 Å². The van der Waals surface area contributed by atoms with Crippen molar-refractivity contribution < 1.29 is 23.9 Å². The molecule has 0 bridgehead atoms. The Balaban J connectivity index is 1.98. The van der Waals surface area contributed by atoms with E-state index in [0.29, 0.717) is 10.5 Å². The van der Waals surface area contributed by atoms with Gasteiger partial charge in [0.05, 0.1) is 17.4 Å². The van der Waals surface area contributed by atoms with E-state index in [1.165, 1.54) is 6.92 Å². The van der Waals surface area contributed by atoms with E-state index >= 15 is 0 Å². The molecule has 2 amide bonds. The summed E-state index contributed by atoms with van der Waals surface area (Å²) in [6, 6.07) is 13.2. The van der Waals surface area contributed by atoms with Crippen LogP contribution < -0.4 is 11.1 Å². The molecule has 0 unspecified atom stereocenters. The van der Waals surface area contributed by atoms with Crippen LogP contribution in [-0.4, -0.2) is 35.9 Å². The molecule has 2 aromatic carbocycles. The van der Waals surface area contributed by atoms with Gasteiger partial charge in [0.2, 0.25) is 11.8 Å². The summed E-state index contributed by atoms with van der Waals surface area (Å²) in [7, 11) is 0. The average Bonchev–Trinajstić information content (AvgIpc) is 2.70. The number of nitrogens with two attached hydrogens (primary N) is 1. The molecule has 0 aliphatic heterocycles. The minimum Gasteiger partial charge on any atom is -0.454 e. The van der Waals surface area contributed by atoms with Crippen molar-refractivity contribution in [2.24, 2.45) is 5.73 Å². The number of carbonyl (C=O) groups is 4. The summed E-state index contributed by atoms with van der Waals surface area (Å²) >= 11 is 1.13. The second kappa shape index (κ2) is 10.4. The lowest BCUT2D eigenvalue weighted by atomic mass is 10.0. The van der Waals surface area contributed by atoms with E-state index in [0.717, 1.165) is 17.3 Å². The highest BCUT2D eigenvalue weighted by Crippen LogP contribution is 2.23. The zero-order chi connectivity index (χ0) is 21.4. The highest BCUT2D eigenvalue weighted by Gasteiger charge is 2.16. The van der Waals surface area contributed by atoms with Gasteiger partial charge in [-0.05, 0) is 24.6 Å². The molecule has 0 fully saturated rings. The van der Waals surface area contributed by atoms with Gasteiger partial charge in [0.25, 0.3) is 0 Å². The summed E-state index contributed by atoms with van der Waals surface area (Å²) in [6.45, 7) is 2.87. The van der Waals surface area contributed by atoms with E-state index in [2.05, 4.69) is 5.32 Å². The van der Waals surface area contributed by atoms with Gasteiger partial charge in [-0.3, -0.25) is 14.4 Å². The average molecular weight is 414 g/mol. The third kappa shape index (κ3) is 6.76. The van der Waals surface area contributed by atoms with Gasteiger partial charge in [0, 0.05) is 17.4 Å². The van der Waals surface area contributed by atoms with E-state index < -0.39 is 18.5 Å². The fraction of sp³-hybridized carbons (Fsp3) is 0.238. The SMILES string of the molecule is CC(=O)N[C@H](C)c1ccc(C(=O)COC(=O)c2ccccc2SCC(N)=O)cc1. The number of esters is 1. The van der Waals surface area contributed by atoms with Gasteiger partial charge in [0.15, 0.2) is 12.4 Å². The summed E-state index contributed by atoms with van der Waals surface area (Å²) in [5.41, 5.74) is 6.66. The monoisotopic (exact) mass is 414 g/mol. The molecule has 1 atom stereocenters. The van der Waals surface area contributed by atoms with Crippen molar-refractivity contribution in [2.45, 2.75) is 24.8 Å². The van der Waals surface area contributed by atoms with Crippen LogP contribution in [0.25, 0.3) is 0 Å². The third-order valence-corrected chi connectivity index (χ3v) is 5.06. The van der Waals surface area contributed by atoms with E-state index in [1.807, 2.05) is 6.92 Å². The zero-order valence-electron chi connectivity index (χ0n) is 16.1. The predicted octanol–water partition coefficient (Wildman–Crippen LogP) is 2.50. The van der Waals surface area contributed by atoms with Gasteiger partial charge in [-0.15, -0.1) is 11.8 Å². The Bertz CT molecular complexity index is 912. The predicted molar refractivity (Wildman–Crippen MR) is 110 cm³/mol. The second-order valence-corrected chi connectivity index (χ2v) is 7.31. The van der Waals surface area contributed by atoms with Crippen LogP contribution in [-0.2, 0) is 14.3 Å². The minimum absolute atomic E-state index is 0.0342. The lowest BCUT2D eigenvalue weighted by Gasteiger charge is -2.13. The highest BCUT2D eigenvalue weighted by molar-refractivity contribution is 8.00. The van der Waals surface area contributed by atoms with Crippen LogP contribution in [0.5, 0.6) is 0 Å². The minimum atomic E-state index is -0.651. The Morgan fingerprint density at radius 1 is 1.07 bits per heavy atom. The van der Waals surface area contributed by atoms with Crippen LogP contribution in [0.4, 0.5) is 0 Å². The van der Waals surface area contributed by atoms with E-state index in [4.69, 9.17) is 10.5 Å². The molecule has 2 rings (SSSR count). The molecule has 0 heterocycles. The van der Waals surface area contributed by atoms with Crippen molar-refractivity contribution in [3.63, 3.8) is 0 Å². The first-order valence-corrected chi connectivity index (χ1v) is 9.84. The summed E-state index contributed by atoms with van der Waals surface area (Å²) < 4.78 is 5.15. The molecule has 152 valence electrons. The summed E-state index contributed by atoms with van der Waals surface area (Å²) in [5, 5.41) is 2.76. The molecule has 0 radical (unpaired) electrons. The number of Topliss-reactive ketones (excluding diaryl/α,β-unsaturated/α-hetero) is 1. The van der Waals surface area contributed by atoms with Crippen LogP contribution >= 0.6 is 11.8 Å². The smallest absolute Gasteiger partial charge is 0.339 e. The zero-order valence-corrected chi connectivity index (χ0v) is 17.0. The number of benzene rings is 2. The van der Waals surface area contributed by atoms with E-state index in [-0.39, 0.29) is 29.0 Å². The molecule has 0 saturated carbocycles. The van der Waals surface area contributed by atoms with Crippen molar-refractivity contribution >= 4 is 35.3 Å². The fourth-order valence-electron chi connectivity index (χ4n) is 2.55. The van der Waals surface area contributed by atoms with Crippen LogP contribution in [0.15, 0.2) is 53.4 Å². The first kappa shape index (κ1) is 22.2. The van der Waals surface area contributed by atoms with Crippen molar-refractivity contribution in [1.29, 1.82) is 0 Å². The second-order valence-electron chi connectivity index (χ2n) is 6.29. The Kier molecular flexibility index (Phi) is 7.97. The normalized spacial score (nSPS) is 11.4. The lowest BCUT2D eigenvalue weighted by Crippen LogP contribution is -2.23. The maximum atomic E-state index is 12.3. The largest absolute Gasteiger partial charge is 0.454 e. The molecule has 8 heteroatoms. The maximum Gasteiger partial charge on any atom is 0.339 e. The number of ketones is 1. The van der Waals surface area contributed by atoms with Gasteiger partial charge >= 0.3 is 5.97 Å². The van der Waals surface area contributed by atoms with Crippen molar-refractivity contribution in [3.05, 3.63) is 65.2 Å². The van der Waals surface area contributed by atoms with Crippen LogP contribution in [0.3, 0.4) is 0 Å². The molecule has 7 nitrogen and oxygen atoms in total. The quantitative estimate of drug-likeness (QED) is 0.370. The Morgan fingerprint density at radius 3 is 2.34 bits per heavy atom. The molecular weight excluding hydrogens is 392 g/mol. The number of primary amides is 1. The van der Waals surface area contributed by atoms with E-state index in [9.17, 15) is 19.2 Å². The molecular formula is C21H22N2O5S. The topological polar surface area (TPSA) is 116 Å². The van der Waals surface area contributed by atoms with Crippen molar-refractivity contribution in [2.75, 3.05) is 12.4 Å². The van der Waals surface area contributed by atoms with Gasteiger partial charge in [-0.25, -0.2) is 4.79 Å². The number of thioether (sulfide) groups is 1. The number of carbonyl (C=O) groups excluding carboxylic acids is 4. The molecule has 0 aliphatic carbocycles. The molecule has 0 saturated heterocycles. The molecule has 2 aromatic rings. The number of hydrogen-bond acceptors (Lipinski definition) is 6. The Hall–Kier alpha value is -3.13. The maximum absolute atomic E-state index is 12.3. The summed E-state index contributed by atoms with van der Waals surface area (Å²) in [6.07, 6.45) is 0. The van der Waals surface area contributed by atoms with Crippen LogP contribution in [0, 0.1) is 0 Å². The number of nitrogens with one attached hydrogen (secondary N) is 1. The molecule has 3 N–H and O–H groups in total. The summed E-state index contributed by atoms with van der Waals surface area (Å²) in [4.78, 5) is 47.3. The van der Waals surface area contributed by atoms with Crippen LogP contribution in [0.1, 0.15) is 46.2 Å². The number of amides is 2. The Labute approximate surface area is 173 Å². The Morgan fingerprint density at radius 2 is 1.72 bits per heavy atom. The van der Waals surface area contributed by atoms with Crippen molar-refractivity contribution in [3.8, 4) is 0 Å². The summed E-state index contributed by atoms with van der Waals surface area (Å²) in [5.74, 6) is -1.60. The van der Waals surface area contributed by atoms with Crippen molar-refractivity contribution in [1.82, 2.24) is 5.32 Å². The van der Waals surface area contributed by atoms with Gasteiger partial charge in [-0.2, -0.15) is 0 Å². The molecule has 0 spiro atoms. The standard InChI is InChI=1S/C21H22N2O5S/c1-13(23-14(2)24)15-7-9-16(10-8-15)18(25)11-28-21(27)17-5-3-4-6-19(17)29-12-20(22)26/h3-10,13H,11-12H2,1-2H3,(H2,22,26)(H,23,24)/t13-/m1/s1. The number of rotatable bonds is 9. The fourth-order valence-corrected chi connectivity index (χ4v) is 3.33. The number of ether oxygens (including phenoxy) is 1. The molecule has 29 heavy (non-hydrogen) atoms. The number of hydrogen-bond donors (Lipinski definition) is 2. The molecule has 0 aromatic heterocycles. The molecule has 0 aliphatic rings. The third-order valence-electron chi connectivity index (χ3n) is 3.96. The lowest BCUT2D eigenvalue weighted by molar-refractivity contribution is -0.119.